The molecule has 0 spiro atoms. The Hall–Kier alpha value is -2.61. The monoisotopic (exact) mass is 554 g/mol. The molecule has 35 heavy (non-hydrogen) atoms. The topological polar surface area (TPSA) is 87.5 Å². The van der Waals surface area contributed by atoms with Crippen LogP contribution in [0.1, 0.15) is 35.1 Å². The molecule has 1 fully saturated rings. The van der Waals surface area contributed by atoms with Gasteiger partial charge in [0.15, 0.2) is 0 Å². The Morgan fingerprint density at radius 3 is 2.63 bits per heavy atom. The van der Waals surface area contributed by atoms with Crippen molar-refractivity contribution < 1.29 is 9.59 Å². The molecule has 0 saturated carbocycles. The molecule has 2 aromatic rings. The first-order chi connectivity index (χ1) is 16.9. The van der Waals surface area contributed by atoms with Gasteiger partial charge >= 0.3 is 6.03 Å². The number of benzene rings is 2. The molecular weight excluding hydrogens is 528 g/mol. The van der Waals surface area contributed by atoms with Crippen LogP contribution < -0.4 is 16.4 Å². The van der Waals surface area contributed by atoms with Crippen LogP contribution in [-0.2, 0) is 17.6 Å². The van der Waals surface area contributed by atoms with E-state index in [2.05, 4.69) is 44.8 Å². The van der Waals surface area contributed by atoms with Crippen LogP contribution in [0.2, 0.25) is 5.02 Å². The molecule has 2 aromatic carbocycles. The van der Waals surface area contributed by atoms with E-state index >= 15 is 0 Å². The summed E-state index contributed by atoms with van der Waals surface area (Å²) >= 11 is 9.78. The number of fused-ring (bicyclic) bond motifs is 2. The molecule has 0 unspecified atom stereocenters. The zero-order valence-electron chi connectivity index (χ0n) is 19.4. The minimum atomic E-state index is -0.354. The van der Waals surface area contributed by atoms with Crippen molar-refractivity contribution >= 4 is 51.1 Å². The fourth-order valence-corrected chi connectivity index (χ4v) is 5.86. The first-order valence-electron chi connectivity index (χ1n) is 12.0. The maximum atomic E-state index is 13.4. The number of amides is 3. The average Bonchev–Trinajstić information content (AvgIpc) is 3.42. The van der Waals surface area contributed by atoms with Crippen LogP contribution in [0.25, 0.3) is 11.6 Å². The van der Waals surface area contributed by atoms with Gasteiger partial charge in [0.25, 0.3) is 5.91 Å². The summed E-state index contributed by atoms with van der Waals surface area (Å²) in [5.41, 5.74) is 12.9. The van der Waals surface area contributed by atoms with Gasteiger partial charge in [0, 0.05) is 41.7 Å². The first-order valence-corrected chi connectivity index (χ1v) is 13.1. The fraction of sp³-hybridized carbons (Fsp3) is 0.333. The van der Waals surface area contributed by atoms with Crippen molar-refractivity contribution in [3.63, 3.8) is 0 Å². The quantitative estimate of drug-likeness (QED) is 0.465. The number of carbonyl (C=O) groups is 2. The van der Waals surface area contributed by atoms with Gasteiger partial charge in [0.1, 0.15) is 0 Å². The summed E-state index contributed by atoms with van der Waals surface area (Å²) in [6.45, 7) is 2.55. The number of hydrogen-bond acceptors (Lipinski definition) is 3. The molecule has 0 atom stereocenters. The van der Waals surface area contributed by atoms with E-state index < -0.39 is 0 Å². The van der Waals surface area contributed by atoms with Crippen molar-refractivity contribution in [3.05, 3.63) is 79.3 Å². The Morgan fingerprint density at radius 2 is 1.86 bits per heavy atom. The molecule has 5 rings (SSSR count). The van der Waals surface area contributed by atoms with Gasteiger partial charge < -0.3 is 21.3 Å². The highest BCUT2D eigenvalue weighted by molar-refractivity contribution is 9.10. The third-order valence-electron chi connectivity index (χ3n) is 7.09. The van der Waals surface area contributed by atoms with Gasteiger partial charge in [-0.25, -0.2) is 4.79 Å². The third-order valence-corrected chi connectivity index (χ3v) is 7.82. The minimum absolute atomic E-state index is 0.0405. The van der Waals surface area contributed by atoms with Gasteiger partial charge in [-0.05, 0) is 83.3 Å². The molecule has 6 nitrogen and oxygen atoms in total. The number of nitrogens with two attached hydrogens (primary N) is 1. The lowest BCUT2D eigenvalue weighted by Gasteiger charge is -2.31. The van der Waals surface area contributed by atoms with Crippen LogP contribution in [0, 0.1) is 0 Å². The second-order valence-electron chi connectivity index (χ2n) is 9.33. The van der Waals surface area contributed by atoms with Gasteiger partial charge in [-0.2, -0.15) is 0 Å². The Labute approximate surface area is 218 Å². The Morgan fingerprint density at radius 1 is 1.06 bits per heavy atom. The van der Waals surface area contributed by atoms with E-state index in [1.165, 1.54) is 11.1 Å². The minimum Gasteiger partial charge on any atom is -0.351 e. The van der Waals surface area contributed by atoms with Gasteiger partial charge in [-0.1, -0.05) is 45.7 Å². The molecular formula is C27H28BrClN4O2. The van der Waals surface area contributed by atoms with Crippen molar-refractivity contribution in [2.75, 3.05) is 26.2 Å². The largest absolute Gasteiger partial charge is 0.351 e. The molecule has 0 radical (unpaired) electrons. The van der Waals surface area contributed by atoms with Crippen LogP contribution in [-0.4, -0.2) is 49.1 Å². The van der Waals surface area contributed by atoms with Crippen LogP contribution in [0.5, 0.6) is 0 Å². The normalized spacial score (nSPS) is 17.3. The summed E-state index contributed by atoms with van der Waals surface area (Å²) in [6.07, 6.45) is 5.45. The summed E-state index contributed by atoms with van der Waals surface area (Å²) in [6, 6.07) is 12.1. The van der Waals surface area contributed by atoms with Crippen molar-refractivity contribution in [2.24, 2.45) is 5.73 Å². The molecule has 4 N–H and O–H groups in total. The smallest absolute Gasteiger partial charge is 0.314 e. The number of rotatable bonds is 6. The Kier molecular flexibility index (Phi) is 7.00. The van der Waals surface area contributed by atoms with Crippen LogP contribution in [0.3, 0.4) is 0 Å². The zero-order valence-corrected chi connectivity index (χ0v) is 21.7. The number of halogens is 2. The summed E-state index contributed by atoms with van der Waals surface area (Å²) in [5, 5.41) is 7.35. The van der Waals surface area contributed by atoms with Crippen molar-refractivity contribution in [2.45, 2.75) is 31.7 Å². The highest BCUT2D eigenvalue weighted by atomic mass is 79.9. The molecule has 3 amide bonds. The zero-order chi connectivity index (χ0) is 24.5. The molecule has 1 saturated heterocycles. The number of primary amides is 1. The number of carbonyl (C=O) groups excluding carboxylic acids is 2. The van der Waals surface area contributed by atoms with Crippen molar-refractivity contribution in [1.82, 2.24) is 15.5 Å². The summed E-state index contributed by atoms with van der Waals surface area (Å²) in [7, 11) is 0. The highest BCUT2D eigenvalue weighted by Crippen LogP contribution is 2.42. The van der Waals surface area contributed by atoms with E-state index in [4.69, 9.17) is 17.3 Å². The van der Waals surface area contributed by atoms with Crippen molar-refractivity contribution in [1.29, 1.82) is 0 Å². The van der Waals surface area contributed by atoms with E-state index in [0.717, 1.165) is 63.0 Å². The summed E-state index contributed by atoms with van der Waals surface area (Å²) in [4.78, 5) is 26.4. The first kappa shape index (κ1) is 24.1. The SMILES string of the molecule is NC(=O)N1CCC(NCCNC(=O)C2=C(C3=Cc4cc(Cl)ccc4C3)Cc3cc(Br)ccc32)CC1. The lowest BCUT2D eigenvalue weighted by atomic mass is 9.98. The predicted octanol–water partition coefficient (Wildman–Crippen LogP) is 4.30. The van der Waals surface area contributed by atoms with Gasteiger partial charge in [-0.15, -0.1) is 0 Å². The van der Waals surface area contributed by atoms with Crippen LogP contribution in [0.15, 0.2) is 52.0 Å². The number of piperidine rings is 1. The second kappa shape index (κ2) is 10.2. The molecule has 2 aliphatic carbocycles. The maximum absolute atomic E-state index is 13.4. The van der Waals surface area contributed by atoms with E-state index in [-0.39, 0.29) is 11.9 Å². The number of urea groups is 1. The van der Waals surface area contributed by atoms with Gasteiger partial charge in [-0.3, -0.25) is 4.79 Å². The Bertz CT molecular complexity index is 1250. The number of nitrogens with one attached hydrogen (secondary N) is 2. The van der Waals surface area contributed by atoms with E-state index in [1.807, 2.05) is 24.3 Å². The predicted molar refractivity (Wildman–Crippen MR) is 143 cm³/mol. The third kappa shape index (κ3) is 5.17. The molecule has 0 aromatic heterocycles. The van der Waals surface area contributed by atoms with Crippen molar-refractivity contribution in [3.8, 4) is 0 Å². The standard InChI is InChI=1S/C27H28BrClN4O2/c28-20-2-4-23-19(13-20)15-24(18-11-16-1-3-21(29)14-17(16)12-18)25(23)26(34)32-8-7-31-22-5-9-33(10-6-22)27(30)35/h1-4,12-14,22,31H,5-11,15H2,(H2,30,35)(H,32,34). The number of allylic oxidation sites excluding steroid dienone is 2. The fourth-order valence-electron chi connectivity index (χ4n) is 5.27. The molecule has 182 valence electrons. The van der Waals surface area contributed by atoms with E-state index in [0.29, 0.717) is 32.2 Å². The highest BCUT2D eigenvalue weighted by Gasteiger charge is 2.30. The molecule has 0 bridgehead atoms. The Balaban J connectivity index is 1.27. The van der Waals surface area contributed by atoms with E-state index in [1.54, 1.807) is 4.90 Å². The van der Waals surface area contributed by atoms with Gasteiger partial charge in [0.2, 0.25) is 0 Å². The van der Waals surface area contributed by atoms with E-state index in [9.17, 15) is 9.59 Å². The number of hydrogen-bond donors (Lipinski definition) is 3. The second-order valence-corrected chi connectivity index (χ2v) is 10.7. The van der Waals surface area contributed by atoms with Crippen LogP contribution in [0.4, 0.5) is 4.79 Å². The average molecular weight is 556 g/mol. The lowest BCUT2D eigenvalue weighted by molar-refractivity contribution is -0.115. The maximum Gasteiger partial charge on any atom is 0.314 e. The number of nitrogens with zero attached hydrogens (tertiary/aromatic N) is 1. The summed E-state index contributed by atoms with van der Waals surface area (Å²) < 4.78 is 1.01. The molecule has 8 heteroatoms. The summed E-state index contributed by atoms with van der Waals surface area (Å²) in [5.74, 6) is -0.0405. The molecule has 1 heterocycles. The number of likely N-dealkylation sites (tertiary alicyclic amines) is 1. The molecule has 1 aliphatic heterocycles. The van der Waals surface area contributed by atoms with Crippen LogP contribution >= 0.6 is 27.5 Å². The molecule has 3 aliphatic rings. The van der Waals surface area contributed by atoms with Gasteiger partial charge in [0.05, 0.1) is 5.57 Å². The lowest BCUT2D eigenvalue weighted by Crippen LogP contribution is -2.48.